The average molecular weight is 707 g/mol. The highest BCUT2D eigenvalue weighted by Gasteiger charge is 2.48. The Balaban J connectivity index is 1.02. The molecule has 5 aromatic rings. The molecule has 6 rings (SSSR count). The molecular weight excluding hydrogens is 665 g/mol. The number of aliphatic carboxylic acids is 1. The van der Waals surface area contributed by atoms with E-state index in [1.54, 1.807) is 24.3 Å². The lowest BCUT2D eigenvalue weighted by molar-refractivity contribution is -0.170. The van der Waals surface area contributed by atoms with Gasteiger partial charge in [-0.15, -0.1) is 22.7 Å². The lowest BCUT2D eigenvalue weighted by atomic mass is 9.90. The smallest absolute Gasteiger partial charge is 0.347 e. The van der Waals surface area contributed by atoms with Crippen molar-refractivity contribution in [2.24, 2.45) is 0 Å². The van der Waals surface area contributed by atoms with Crippen LogP contribution in [-0.2, 0) is 42.4 Å². The minimum atomic E-state index is -3.82. The van der Waals surface area contributed by atoms with Gasteiger partial charge in [-0.3, -0.25) is 4.18 Å². The summed E-state index contributed by atoms with van der Waals surface area (Å²) in [5.74, 6) is -0.965. The number of carboxylic acid groups (broad SMARTS) is 1. The molecule has 1 aliphatic rings. The molecule has 0 unspecified atom stereocenters. The van der Waals surface area contributed by atoms with Crippen molar-refractivity contribution < 1.29 is 27.2 Å². The summed E-state index contributed by atoms with van der Waals surface area (Å²) in [6.07, 6.45) is 7.43. The Morgan fingerprint density at radius 2 is 1.62 bits per heavy atom. The monoisotopic (exact) mass is 706 g/mol. The maximum absolute atomic E-state index is 12.8. The zero-order valence-corrected chi connectivity index (χ0v) is 29.7. The summed E-state index contributed by atoms with van der Waals surface area (Å²) < 4.78 is 39.4. The van der Waals surface area contributed by atoms with E-state index >= 15 is 0 Å². The first-order valence-electron chi connectivity index (χ1n) is 16.4. The Kier molecular flexibility index (Phi) is 10.8. The number of carbonyl (C=O) groups is 1. The van der Waals surface area contributed by atoms with Crippen LogP contribution in [0.15, 0.2) is 94.6 Å². The van der Waals surface area contributed by atoms with Crippen LogP contribution in [0, 0.1) is 6.92 Å². The summed E-state index contributed by atoms with van der Waals surface area (Å²) in [7, 11) is -1.64. The van der Waals surface area contributed by atoms with Gasteiger partial charge in [0.2, 0.25) is 5.60 Å². The molecule has 11 heteroatoms. The first kappa shape index (κ1) is 34.5. The van der Waals surface area contributed by atoms with Gasteiger partial charge in [-0.1, -0.05) is 48.0 Å². The lowest BCUT2D eigenvalue weighted by Crippen LogP contribution is -2.44. The van der Waals surface area contributed by atoms with Gasteiger partial charge in [-0.05, 0) is 106 Å². The molecule has 3 heterocycles. The molecule has 0 bridgehead atoms. The molecule has 0 spiro atoms. The van der Waals surface area contributed by atoms with Gasteiger partial charge in [0, 0.05) is 29.7 Å². The van der Waals surface area contributed by atoms with Crippen LogP contribution in [0.3, 0.4) is 0 Å². The molecule has 0 radical (unpaired) electrons. The van der Waals surface area contributed by atoms with Gasteiger partial charge < -0.3 is 19.3 Å². The second-order valence-corrected chi connectivity index (χ2v) is 16.0. The number of nitrogens with zero attached hydrogens (tertiary/aromatic N) is 2. The van der Waals surface area contributed by atoms with Crippen molar-refractivity contribution in [1.82, 2.24) is 9.47 Å². The highest BCUT2D eigenvalue weighted by Crippen LogP contribution is 2.42. The van der Waals surface area contributed by atoms with E-state index in [1.807, 2.05) is 54.1 Å². The Bertz CT molecular complexity index is 1860. The first-order chi connectivity index (χ1) is 23.2. The summed E-state index contributed by atoms with van der Waals surface area (Å²) >= 11 is 2.85. The molecule has 1 fully saturated rings. The van der Waals surface area contributed by atoms with E-state index in [4.69, 9.17) is 8.92 Å². The molecule has 1 aliphatic carbocycles. The zero-order valence-electron chi connectivity index (χ0n) is 27.3. The molecule has 1 saturated carbocycles. The Hall–Kier alpha value is -3.32. The molecule has 0 aliphatic heterocycles. The fourth-order valence-corrected chi connectivity index (χ4v) is 9.45. The van der Waals surface area contributed by atoms with E-state index in [1.165, 1.54) is 33.6 Å². The summed E-state index contributed by atoms with van der Waals surface area (Å²) in [5, 5.41) is 15.5. The van der Waals surface area contributed by atoms with E-state index in [0.717, 1.165) is 56.1 Å². The SMILES string of the molecule is Cc1ccc(S(=O)(=O)OCCn2cc(CCCN(C)[C@H]3CC[C@H](OC(C(=O)O)(c4cccs4)c4cccs4)CC3)c3ccccc32)cc1. The molecule has 2 aromatic carbocycles. The second kappa shape index (κ2) is 15.1. The zero-order chi connectivity index (χ0) is 33.7. The fourth-order valence-electron chi connectivity index (χ4n) is 6.74. The number of fused-ring (bicyclic) bond motifs is 1. The van der Waals surface area contributed by atoms with Gasteiger partial charge in [0.15, 0.2) is 0 Å². The number of benzene rings is 2. The van der Waals surface area contributed by atoms with Crippen molar-refractivity contribution in [2.45, 2.75) is 74.6 Å². The highest BCUT2D eigenvalue weighted by atomic mass is 32.2. The van der Waals surface area contributed by atoms with Crippen LogP contribution in [0.4, 0.5) is 0 Å². The molecular formula is C37H42N2O6S3. The van der Waals surface area contributed by atoms with Gasteiger partial charge >= 0.3 is 5.97 Å². The van der Waals surface area contributed by atoms with E-state index in [9.17, 15) is 18.3 Å². The largest absolute Gasteiger partial charge is 0.479 e. The van der Waals surface area contributed by atoms with Crippen molar-refractivity contribution in [3.05, 3.63) is 111 Å². The van der Waals surface area contributed by atoms with E-state index in [-0.39, 0.29) is 17.6 Å². The molecule has 8 nitrogen and oxygen atoms in total. The number of ether oxygens (including phenoxy) is 1. The van der Waals surface area contributed by atoms with Gasteiger partial charge in [-0.25, -0.2) is 4.79 Å². The number of carboxylic acids is 1. The molecule has 0 atom stereocenters. The lowest BCUT2D eigenvalue weighted by Gasteiger charge is -2.38. The topological polar surface area (TPSA) is 98.1 Å². The molecule has 1 N–H and O–H groups in total. The Morgan fingerprint density at radius 1 is 0.958 bits per heavy atom. The van der Waals surface area contributed by atoms with Crippen LogP contribution in [0.1, 0.15) is 53.0 Å². The predicted molar refractivity (Wildman–Crippen MR) is 191 cm³/mol. The molecule has 0 amide bonds. The number of para-hydroxylation sites is 1. The van der Waals surface area contributed by atoms with Crippen LogP contribution in [-0.4, -0.2) is 61.3 Å². The van der Waals surface area contributed by atoms with Gasteiger partial charge in [-0.2, -0.15) is 8.42 Å². The van der Waals surface area contributed by atoms with Crippen molar-refractivity contribution in [1.29, 1.82) is 0 Å². The second-order valence-electron chi connectivity index (χ2n) is 12.5. The Morgan fingerprint density at radius 3 is 2.25 bits per heavy atom. The van der Waals surface area contributed by atoms with Crippen LogP contribution in [0.5, 0.6) is 0 Å². The Labute approximate surface area is 290 Å². The summed E-state index contributed by atoms with van der Waals surface area (Å²) in [4.78, 5) is 16.8. The third-order valence-electron chi connectivity index (χ3n) is 9.36. The highest BCUT2D eigenvalue weighted by molar-refractivity contribution is 7.86. The summed E-state index contributed by atoms with van der Waals surface area (Å²) in [6, 6.07) is 22.8. The molecule has 0 saturated heterocycles. The number of aryl methyl sites for hydroxylation is 2. The van der Waals surface area contributed by atoms with Gasteiger partial charge in [0.1, 0.15) is 0 Å². The van der Waals surface area contributed by atoms with Crippen molar-refractivity contribution in [3.63, 3.8) is 0 Å². The molecule has 254 valence electrons. The number of thiophene rings is 2. The normalized spacial score (nSPS) is 17.3. The van der Waals surface area contributed by atoms with E-state index < -0.39 is 21.7 Å². The van der Waals surface area contributed by atoms with Crippen LogP contribution in [0.2, 0.25) is 0 Å². The quantitative estimate of drug-likeness (QED) is 0.112. The predicted octanol–water partition coefficient (Wildman–Crippen LogP) is 7.70. The number of aromatic nitrogens is 1. The van der Waals surface area contributed by atoms with E-state index in [2.05, 4.69) is 34.8 Å². The molecule has 3 aromatic heterocycles. The summed E-state index contributed by atoms with van der Waals surface area (Å²) in [6.45, 7) is 3.34. The van der Waals surface area contributed by atoms with E-state index in [0.29, 0.717) is 22.3 Å². The summed E-state index contributed by atoms with van der Waals surface area (Å²) in [5.41, 5.74) is 1.84. The number of hydrogen-bond acceptors (Lipinski definition) is 8. The van der Waals surface area contributed by atoms with Crippen LogP contribution < -0.4 is 0 Å². The van der Waals surface area contributed by atoms with Crippen molar-refractivity contribution in [3.8, 4) is 0 Å². The maximum atomic E-state index is 12.8. The van der Waals surface area contributed by atoms with Crippen LogP contribution in [0.25, 0.3) is 10.9 Å². The standard InChI is InChI=1S/C37H42N2O6S3/c1-27-13-19-31(20-14-27)48(42,43)44-23-22-39-26-28(32-9-3-4-10-33(32)39)8-5-21-38(2)29-15-17-30(18-16-29)45-37(36(40)41,34-11-6-24-46-34)35-12-7-25-47-35/h3-4,6-7,9-14,19-20,24-26,29-30H,5,8,15-18,21-23H2,1-2H3,(H,40,41)/t29-,30-. The van der Waals surface area contributed by atoms with Gasteiger partial charge in [0.25, 0.3) is 10.1 Å². The minimum absolute atomic E-state index is 0.0533. The first-order valence-corrected chi connectivity index (χ1v) is 19.6. The third-order valence-corrected chi connectivity index (χ3v) is 12.6. The molecule has 48 heavy (non-hydrogen) atoms. The number of rotatable bonds is 15. The maximum Gasteiger partial charge on any atom is 0.347 e. The van der Waals surface area contributed by atoms with Crippen LogP contribution >= 0.6 is 22.7 Å². The minimum Gasteiger partial charge on any atom is -0.479 e. The number of hydrogen-bond donors (Lipinski definition) is 1. The fraction of sp³-hybridized carbons (Fsp3) is 0.378. The van der Waals surface area contributed by atoms with Crippen molar-refractivity contribution in [2.75, 3.05) is 20.2 Å². The van der Waals surface area contributed by atoms with Crippen molar-refractivity contribution >= 4 is 49.7 Å². The third kappa shape index (κ3) is 7.46. The van der Waals surface area contributed by atoms with Gasteiger partial charge in [0.05, 0.1) is 27.4 Å². The average Bonchev–Trinajstić information content (AvgIpc) is 3.88.